The maximum absolute atomic E-state index is 6.27. The van der Waals surface area contributed by atoms with Crippen molar-refractivity contribution in [1.29, 1.82) is 0 Å². The van der Waals surface area contributed by atoms with Crippen LogP contribution in [0.3, 0.4) is 0 Å². The van der Waals surface area contributed by atoms with Crippen LogP contribution in [0.2, 0.25) is 5.02 Å². The van der Waals surface area contributed by atoms with Crippen molar-refractivity contribution >= 4 is 27.5 Å². The molecule has 18 heavy (non-hydrogen) atoms. The number of rotatable bonds is 3. The van der Waals surface area contributed by atoms with Crippen LogP contribution in [-0.4, -0.2) is 0 Å². The van der Waals surface area contributed by atoms with Crippen molar-refractivity contribution in [1.82, 2.24) is 0 Å². The lowest BCUT2D eigenvalue weighted by Gasteiger charge is -2.15. The molecular weight excluding hydrogens is 310 g/mol. The molecule has 0 saturated heterocycles. The molecule has 0 aliphatic rings. The smallest absolute Gasteiger partial charge is 0.0566 e. The van der Waals surface area contributed by atoms with Gasteiger partial charge in [-0.25, -0.2) is 0 Å². The third-order valence-corrected chi connectivity index (χ3v) is 3.88. The summed E-state index contributed by atoms with van der Waals surface area (Å²) in [5, 5.41) is 0.699. The molecule has 0 spiro atoms. The number of benzene rings is 2. The molecular formula is C15H15BrClN. The van der Waals surface area contributed by atoms with Gasteiger partial charge >= 0.3 is 0 Å². The molecule has 0 heterocycles. The molecule has 0 bridgehead atoms. The van der Waals surface area contributed by atoms with Crippen LogP contribution < -0.4 is 5.73 Å². The molecule has 2 aromatic rings. The van der Waals surface area contributed by atoms with Crippen LogP contribution in [0.1, 0.15) is 29.7 Å². The van der Waals surface area contributed by atoms with Crippen LogP contribution in [-0.2, 0) is 6.42 Å². The van der Waals surface area contributed by atoms with E-state index in [4.69, 9.17) is 17.3 Å². The van der Waals surface area contributed by atoms with E-state index in [1.54, 1.807) is 0 Å². The molecule has 0 aliphatic carbocycles. The largest absolute Gasteiger partial charge is 0.320 e. The zero-order valence-corrected chi connectivity index (χ0v) is 12.5. The van der Waals surface area contributed by atoms with Gasteiger partial charge in [0.2, 0.25) is 0 Å². The van der Waals surface area contributed by atoms with Gasteiger partial charge in [-0.05, 0) is 41.3 Å². The number of halogens is 2. The van der Waals surface area contributed by atoms with E-state index in [1.807, 2.05) is 18.2 Å². The minimum absolute atomic E-state index is 0.194. The molecule has 0 fully saturated rings. The Labute approximate surface area is 121 Å². The zero-order valence-electron chi connectivity index (χ0n) is 10.2. The molecule has 0 amide bonds. The minimum Gasteiger partial charge on any atom is -0.320 e. The normalized spacial score (nSPS) is 12.4. The van der Waals surface area contributed by atoms with E-state index in [2.05, 4.69) is 47.1 Å². The second kappa shape index (κ2) is 5.87. The Kier molecular flexibility index (Phi) is 4.44. The number of hydrogen-bond acceptors (Lipinski definition) is 1. The Balaban J connectivity index is 2.34. The topological polar surface area (TPSA) is 26.0 Å². The molecule has 2 aromatic carbocycles. The van der Waals surface area contributed by atoms with Crippen LogP contribution in [0.5, 0.6) is 0 Å². The first-order valence-electron chi connectivity index (χ1n) is 5.91. The lowest BCUT2D eigenvalue weighted by molar-refractivity contribution is 0.869. The number of nitrogens with two attached hydrogens (primary N) is 1. The predicted octanol–water partition coefficient (Wildman–Crippen LogP) is 4.71. The average molecular weight is 325 g/mol. The molecule has 3 heteroatoms. The van der Waals surface area contributed by atoms with Gasteiger partial charge < -0.3 is 5.73 Å². The van der Waals surface area contributed by atoms with Crippen LogP contribution in [0.25, 0.3) is 0 Å². The SMILES string of the molecule is CCc1ccc(C(N)c2cc(Br)ccc2Cl)cc1. The fourth-order valence-electron chi connectivity index (χ4n) is 1.89. The summed E-state index contributed by atoms with van der Waals surface area (Å²) in [4.78, 5) is 0. The molecule has 2 N–H and O–H groups in total. The fourth-order valence-corrected chi connectivity index (χ4v) is 2.51. The highest BCUT2D eigenvalue weighted by atomic mass is 79.9. The van der Waals surface area contributed by atoms with Crippen LogP contribution in [0, 0.1) is 0 Å². The Hall–Kier alpha value is -0.830. The van der Waals surface area contributed by atoms with Gasteiger partial charge in [-0.3, -0.25) is 0 Å². The molecule has 94 valence electrons. The Morgan fingerprint density at radius 2 is 1.83 bits per heavy atom. The van der Waals surface area contributed by atoms with Crippen molar-refractivity contribution < 1.29 is 0 Å². The standard InChI is InChI=1S/C15H15BrClN/c1-2-10-3-5-11(6-4-10)15(18)13-9-12(16)7-8-14(13)17/h3-9,15H,2,18H2,1H3. The van der Waals surface area contributed by atoms with Gasteiger partial charge in [-0.1, -0.05) is 58.7 Å². The van der Waals surface area contributed by atoms with Gasteiger partial charge in [0.25, 0.3) is 0 Å². The molecule has 0 aliphatic heterocycles. The fraction of sp³-hybridized carbons (Fsp3) is 0.200. The average Bonchev–Trinajstić information content (AvgIpc) is 2.41. The third kappa shape index (κ3) is 2.94. The van der Waals surface area contributed by atoms with Gasteiger partial charge in [-0.2, -0.15) is 0 Å². The summed E-state index contributed by atoms with van der Waals surface area (Å²) >= 11 is 9.64. The summed E-state index contributed by atoms with van der Waals surface area (Å²) in [5.41, 5.74) is 9.60. The zero-order chi connectivity index (χ0) is 13.1. The second-order valence-electron chi connectivity index (χ2n) is 4.24. The third-order valence-electron chi connectivity index (χ3n) is 3.04. The Bertz CT molecular complexity index is 537. The summed E-state index contributed by atoms with van der Waals surface area (Å²) < 4.78 is 0.988. The molecule has 2 rings (SSSR count). The number of aryl methyl sites for hydroxylation is 1. The van der Waals surface area contributed by atoms with E-state index in [0.29, 0.717) is 5.02 Å². The van der Waals surface area contributed by atoms with E-state index in [1.165, 1.54) is 5.56 Å². The highest BCUT2D eigenvalue weighted by molar-refractivity contribution is 9.10. The molecule has 0 aromatic heterocycles. The summed E-state index contributed by atoms with van der Waals surface area (Å²) in [7, 11) is 0. The molecule has 0 radical (unpaired) electrons. The Morgan fingerprint density at radius 3 is 2.44 bits per heavy atom. The molecule has 1 unspecified atom stereocenters. The monoisotopic (exact) mass is 323 g/mol. The van der Waals surface area contributed by atoms with E-state index >= 15 is 0 Å². The van der Waals surface area contributed by atoms with Gasteiger partial charge in [0.1, 0.15) is 0 Å². The summed E-state index contributed by atoms with van der Waals surface area (Å²) in [5.74, 6) is 0. The summed E-state index contributed by atoms with van der Waals surface area (Å²) in [6, 6.07) is 13.9. The van der Waals surface area contributed by atoms with E-state index < -0.39 is 0 Å². The highest BCUT2D eigenvalue weighted by Crippen LogP contribution is 2.29. The molecule has 1 atom stereocenters. The first kappa shape index (κ1) is 13.6. The van der Waals surface area contributed by atoms with Crippen molar-refractivity contribution in [3.63, 3.8) is 0 Å². The van der Waals surface area contributed by atoms with Crippen LogP contribution >= 0.6 is 27.5 Å². The first-order chi connectivity index (χ1) is 8.61. The van der Waals surface area contributed by atoms with E-state index in [9.17, 15) is 0 Å². The van der Waals surface area contributed by atoms with Crippen molar-refractivity contribution in [3.05, 3.63) is 68.7 Å². The number of hydrogen-bond donors (Lipinski definition) is 1. The minimum atomic E-state index is -0.194. The molecule has 1 nitrogen and oxygen atoms in total. The second-order valence-corrected chi connectivity index (χ2v) is 5.56. The van der Waals surface area contributed by atoms with Crippen LogP contribution in [0.15, 0.2) is 46.9 Å². The van der Waals surface area contributed by atoms with Gasteiger partial charge in [-0.15, -0.1) is 0 Å². The van der Waals surface area contributed by atoms with E-state index in [0.717, 1.165) is 22.0 Å². The highest BCUT2D eigenvalue weighted by Gasteiger charge is 2.12. The first-order valence-corrected chi connectivity index (χ1v) is 7.08. The van der Waals surface area contributed by atoms with Crippen molar-refractivity contribution in [2.45, 2.75) is 19.4 Å². The summed E-state index contributed by atoms with van der Waals surface area (Å²) in [6.45, 7) is 2.14. The maximum atomic E-state index is 6.27. The van der Waals surface area contributed by atoms with Crippen molar-refractivity contribution in [3.8, 4) is 0 Å². The lowest BCUT2D eigenvalue weighted by Crippen LogP contribution is -2.12. The van der Waals surface area contributed by atoms with Gasteiger partial charge in [0.15, 0.2) is 0 Å². The summed E-state index contributed by atoms with van der Waals surface area (Å²) in [6.07, 6.45) is 1.03. The van der Waals surface area contributed by atoms with Gasteiger partial charge in [0, 0.05) is 9.50 Å². The maximum Gasteiger partial charge on any atom is 0.0566 e. The van der Waals surface area contributed by atoms with Crippen molar-refractivity contribution in [2.75, 3.05) is 0 Å². The van der Waals surface area contributed by atoms with Crippen molar-refractivity contribution in [2.24, 2.45) is 5.73 Å². The lowest BCUT2D eigenvalue weighted by atomic mass is 9.98. The van der Waals surface area contributed by atoms with E-state index in [-0.39, 0.29) is 6.04 Å². The molecule has 0 saturated carbocycles. The Morgan fingerprint density at radius 1 is 1.17 bits per heavy atom. The van der Waals surface area contributed by atoms with Crippen LogP contribution in [0.4, 0.5) is 0 Å². The predicted molar refractivity (Wildman–Crippen MR) is 81.0 cm³/mol. The van der Waals surface area contributed by atoms with Gasteiger partial charge in [0.05, 0.1) is 6.04 Å². The quantitative estimate of drug-likeness (QED) is 0.869.